The number of amides is 2. The second-order valence-corrected chi connectivity index (χ2v) is 6.61. The molecule has 8 nitrogen and oxygen atoms in total. The Labute approximate surface area is 140 Å². The van der Waals surface area contributed by atoms with Crippen LogP contribution in [0.5, 0.6) is 0 Å². The van der Waals surface area contributed by atoms with Crippen LogP contribution in [0.1, 0.15) is 30.3 Å². The van der Waals surface area contributed by atoms with E-state index in [2.05, 4.69) is 5.16 Å². The molecule has 3 saturated heterocycles. The highest BCUT2D eigenvalue weighted by Crippen LogP contribution is 2.27. The molecule has 4 heterocycles. The highest BCUT2D eigenvalue weighted by molar-refractivity contribution is 5.96. The minimum atomic E-state index is -0.455. The fourth-order valence-electron chi connectivity index (χ4n) is 3.78. The number of fused-ring (bicyclic) bond motifs is 1. The Morgan fingerprint density at radius 1 is 1.29 bits per heavy atom. The first-order valence-electron chi connectivity index (χ1n) is 8.56. The molecule has 2 atom stereocenters. The van der Waals surface area contributed by atoms with Crippen LogP contribution >= 0.6 is 0 Å². The van der Waals surface area contributed by atoms with Gasteiger partial charge >= 0.3 is 0 Å². The number of carbonyl (C=O) groups excluding carboxylic acids is 2. The van der Waals surface area contributed by atoms with Crippen molar-refractivity contribution in [2.75, 3.05) is 44.3 Å². The Bertz CT molecular complexity index is 640. The van der Waals surface area contributed by atoms with Gasteiger partial charge in [0.05, 0.1) is 13.2 Å². The number of rotatable bonds is 2. The number of hydrogen-bond donors (Lipinski definition) is 0. The van der Waals surface area contributed by atoms with E-state index >= 15 is 0 Å². The summed E-state index contributed by atoms with van der Waals surface area (Å²) in [6.45, 7) is 5.91. The molecule has 0 unspecified atom stereocenters. The van der Waals surface area contributed by atoms with Crippen LogP contribution in [0.3, 0.4) is 0 Å². The van der Waals surface area contributed by atoms with Gasteiger partial charge < -0.3 is 24.0 Å². The fourth-order valence-corrected chi connectivity index (χ4v) is 3.78. The van der Waals surface area contributed by atoms with Gasteiger partial charge in [0.2, 0.25) is 11.7 Å². The SMILES string of the molecule is C[C@H]1C(=O)N2CCC[C@H]2CN1C(=O)c1cc(N2CCOCC2)no1. The summed E-state index contributed by atoms with van der Waals surface area (Å²) in [5, 5.41) is 4.02. The normalized spacial score (nSPS) is 27.5. The zero-order valence-corrected chi connectivity index (χ0v) is 13.8. The molecule has 3 fully saturated rings. The molecule has 0 N–H and O–H groups in total. The summed E-state index contributed by atoms with van der Waals surface area (Å²) in [5.74, 6) is 0.627. The Hall–Kier alpha value is -2.09. The summed E-state index contributed by atoms with van der Waals surface area (Å²) in [6, 6.07) is 1.36. The van der Waals surface area contributed by atoms with Gasteiger partial charge in [0.25, 0.3) is 5.91 Å². The molecule has 4 rings (SSSR count). The molecule has 24 heavy (non-hydrogen) atoms. The second kappa shape index (κ2) is 6.08. The summed E-state index contributed by atoms with van der Waals surface area (Å²) in [5.41, 5.74) is 0. The average Bonchev–Trinajstić information content (AvgIpc) is 3.27. The van der Waals surface area contributed by atoms with Crippen LogP contribution in [0.2, 0.25) is 0 Å². The first kappa shape index (κ1) is 15.4. The van der Waals surface area contributed by atoms with Crippen molar-refractivity contribution in [3.05, 3.63) is 11.8 Å². The van der Waals surface area contributed by atoms with Gasteiger partial charge in [-0.2, -0.15) is 0 Å². The Balaban J connectivity index is 1.51. The van der Waals surface area contributed by atoms with Crippen molar-refractivity contribution < 1.29 is 18.8 Å². The monoisotopic (exact) mass is 334 g/mol. The van der Waals surface area contributed by atoms with Gasteiger partial charge in [-0.15, -0.1) is 0 Å². The molecule has 3 aliphatic rings. The maximum absolute atomic E-state index is 12.8. The van der Waals surface area contributed by atoms with Gasteiger partial charge in [0, 0.05) is 38.3 Å². The lowest BCUT2D eigenvalue weighted by molar-refractivity contribution is -0.141. The third-order valence-corrected chi connectivity index (χ3v) is 5.20. The number of aromatic nitrogens is 1. The molecule has 8 heteroatoms. The summed E-state index contributed by atoms with van der Waals surface area (Å²) in [4.78, 5) is 30.9. The number of nitrogens with zero attached hydrogens (tertiary/aromatic N) is 4. The Morgan fingerprint density at radius 3 is 2.88 bits per heavy atom. The van der Waals surface area contributed by atoms with Crippen LogP contribution in [-0.4, -0.2) is 78.2 Å². The number of carbonyl (C=O) groups is 2. The van der Waals surface area contributed by atoms with E-state index in [0.717, 1.165) is 32.5 Å². The minimum absolute atomic E-state index is 0.0324. The summed E-state index contributed by atoms with van der Waals surface area (Å²) in [6.07, 6.45) is 1.96. The van der Waals surface area contributed by atoms with Crippen molar-refractivity contribution in [1.82, 2.24) is 15.0 Å². The molecular formula is C16H22N4O4. The quantitative estimate of drug-likeness (QED) is 0.776. The van der Waals surface area contributed by atoms with E-state index < -0.39 is 6.04 Å². The van der Waals surface area contributed by atoms with Crippen molar-refractivity contribution in [3.63, 3.8) is 0 Å². The van der Waals surface area contributed by atoms with Gasteiger partial charge in [0.15, 0.2) is 5.82 Å². The summed E-state index contributed by atoms with van der Waals surface area (Å²) >= 11 is 0. The predicted octanol–water partition coefficient (Wildman–Crippen LogP) is 0.346. The molecule has 0 spiro atoms. The maximum Gasteiger partial charge on any atom is 0.293 e. The zero-order chi connectivity index (χ0) is 16.7. The largest absolute Gasteiger partial charge is 0.378 e. The third-order valence-electron chi connectivity index (χ3n) is 5.20. The van der Waals surface area contributed by atoms with Crippen molar-refractivity contribution >= 4 is 17.6 Å². The highest BCUT2D eigenvalue weighted by atomic mass is 16.5. The first-order valence-corrected chi connectivity index (χ1v) is 8.56. The van der Waals surface area contributed by atoms with Crippen LogP contribution in [0.4, 0.5) is 5.82 Å². The summed E-state index contributed by atoms with van der Waals surface area (Å²) < 4.78 is 10.6. The van der Waals surface area contributed by atoms with Crippen LogP contribution < -0.4 is 4.90 Å². The molecule has 0 bridgehead atoms. The highest BCUT2D eigenvalue weighted by Gasteiger charge is 2.43. The lowest BCUT2D eigenvalue weighted by Gasteiger charge is -2.41. The van der Waals surface area contributed by atoms with Crippen molar-refractivity contribution in [2.45, 2.75) is 31.8 Å². The minimum Gasteiger partial charge on any atom is -0.378 e. The van der Waals surface area contributed by atoms with Gasteiger partial charge in [-0.3, -0.25) is 9.59 Å². The van der Waals surface area contributed by atoms with E-state index in [1.165, 1.54) is 0 Å². The first-order chi connectivity index (χ1) is 11.6. The summed E-state index contributed by atoms with van der Waals surface area (Å²) in [7, 11) is 0. The number of hydrogen-bond acceptors (Lipinski definition) is 6. The van der Waals surface area contributed by atoms with E-state index in [1.807, 2.05) is 9.80 Å². The molecule has 0 aliphatic carbocycles. The molecule has 2 amide bonds. The van der Waals surface area contributed by atoms with Crippen LogP contribution in [0.15, 0.2) is 10.6 Å². The number of ether oxygens (including phenoxy) is 1. The van der Waals surface area contributed by atoms with Gasteiger partial charge in [-0.1, -0.05) is 5.16 Å². The zero-order valence-electron chi connectivity index (χ0n) is 13.8. The lowest BCUT2D eigenvalue weighted by atomic mass is 10.1. The smallest absolute Gasteiger partial charge is 0.293 e. The molecule has 3 aliphatic heterocycles. The van der Waals surface area contributed by atoms with Crippen molar-refractivity contribution in [1.29, 1.82) is 0 Å². The van der Waals surface area contributed by atoms with Crippen LogP contribution in [0, 0.1) is 0 Å². The van der Waals surface area contributed by atoms with E-state index in [-0.39, 0.29) is 23.6 Å². The van der Waals surface area contributed by atoms with E-state index in [1.54, 1.807) is 17.9 Å². The van der Waals surface area contributed by atoms with Crippen LogP contribution in [-0.2, 0) is 9.53 Å². The fraction of sp³-hybridized carbons (Fsp3) is 0.688. The van der Waals surface area contributed by atoms with E-state index in [4.69, 9.17) is 9.26 Å². The number of anilines is 1. The Morgan fingerprint density at radius 2 is 2.08 bits per heavy atom. The second-order valence-electron chi connectivity index (χ2n) is 6.61. The maximum atomic E-state index is 12.8. The van der Waals surface area contributed by atoms with Gasteiger partial charge in [-0.05, 0) is 19.8 Å². The van der Waals surface area contributed by atoms with E-state index in [9.17, 15) is 9.59 Å². The lowest BCUT2D eigenvalue weighted by Crippen LogP contribution is -2.60. The molecule has 1 aromatic heterocycles. The molecule has 0 radical (unpaired) electrons. The molecule has 1 aromatic rings. The van der Waals surface area contributed by atoms with Gasteiger partial charge in [-0.25, -0.2) is 0 Å². The Kier molecular flexibility index (Phi) is 3.91. The van der Waals surface area contributed by atoms with Crippen molar-refractivity contribution in [3.8, 4) is 0 Å². The molecular weight excluding hydrogens is 312 g/mol. The standard InChI is InChI=1S/C16H22N4O4/c1-11-15(21)19-4-2-3-12(19)10-20(11)16(22)13-9-14(17-24-13)18-5-7-23-8-6-18/h9,11-12H,2-8,10H2,1H3/t11-,12-/m0/s1. The average molecular weight is 334 g/mol. The van der Waals surface area contributed by atoms with Crippen molar-refractivity contribution in [2.24, 2.45) is 0 Å². The van der Waals surface area contributed by atoms with Crippen LogP contribution in [0.25, 0.3) is 0 Å². The third kappa shape index (κ3) is 2.54. The van der Waals surface area contributed by atoms with Gasteiger partial charge in [0.1, 0.15) is 6.04 Å². The van der Waals surface area contributed by atoms with E-state index in [0.29, 0.717) is 25.6 Å². The predicted molar refractivity (Wildman–Crippen MR) is 84.8 cm³/mol. The molecule has 130 valence electrons. The number of morpholine rings is 1. The topological polar surface area (TPSA) is 79.1 Å². The molecule has 0 aromatic carbocycles. The number of piperazine rings is 1. The molecule has 0 saturated carbocycles.